The highest BCUT2D eigenvalue weighted by Crippen LogP contribution is 2.28. The first-order valence-electron chi connectivity index (χ1n) is 14.0. The lowest BCUT2D eigenvalue weighted by Gasteiger charge is -2.10. The highest BCUT2D eigenvalue weighted by atomic mass is 35.5. The van der Waals surface area contributed by atoms with Gasteiger partial charge in [0.05, 0.1) is 35.2 Å². The minimum atomic E-state index is -1.19. The molecule has 0 bridgehead atoms. The molecule has 0 aliphatic carbocycles. The second kappa shape index (κ2) is 14.9. The molecule has 0 aliphatic rings. The molecule has 0 saturated carbocycles. The molecule has 1 atom stereocenters. The molecule has 0 aliphatic heterocycles. The molecule has 1 unspecified atom stereocenters. The molecule has 1 heterocycles. The van der Waals surface area contributed by atoms with Crippen LogP contribution in [0.25, 0.3) is 17.2 Å². The monoisotopic (exact) mass is 588 g/mol. The van der Waals surface area contributed by atoms with Crippen LogP contribution < -0.4 is 4.74 Å². The largest absolute Gasteiger partial charge is 0.494 e. The number of hydrogen-bond acceptors (Lipinski definition) is 4. The molecule has 0 saturated heterocycles. The molecule has 0 fully saturated rings. The van der Waals surface area contributed by atoms with Crippen LogP contribution in [0.15, 0.2) is 90.2 Å². The van der Waals surface area contributed by atoms with Crippen molar-refractivity contribution in [2.45, 2.75) is 57.2 Å². The average Bonchev–Trinajstić information content (AvgIpc) is 3.39. The SMILES string of the molecule is CCCCOc1ccc(-c2ccc(Cl)c(/C=C/C(=O)Cc3ccc(S(=O)Cc4cncn4CC(C)C)cc3)c2)cc1. The number of carbonyl (C=O) groups excluding carboxylic acids is 1. The van der Waals surface area contributed by atoms with Crippen molar-refractivity contribution in [3.63, 3.8) is 0 Å². The van der Waals surface area contributed by atoms with Crippen molar-refractivity contribution in [3.8, 4) is 16.9 Å². The third-order valence-electron chi connectivity index (χ3n) is 6.60. The van der Waals surface area contributed by atoms with Crippen LogP contribution in [0, 0.1) is 5.92 Å². The van der Waals surface area contributed by atoms with E-state index in [9.17, 15) is 9.00 Å². The predicted octanol–water partition coefficient (Wildman–Crippen LogP) is 8.17. The van der Waals surface area contributed by atoms with Gasteiger partial charge in [-0.25, -0.2) is 4.98 Å². The maximum atomic E-state index is 12.9. The lowest BCUT2D eigenvalue weighted by molar-refractivity contribution is -0.113. The molecule has 7 heteroatoms. The second-order valence-electron chi connectivity index (χ2n) is 10.5. The van der Waals surface area contributed by atoms with Gasteiger partial charge < -0.3 is 9.30 Å². The van der Waals surface area contributed by atoms with Gasteiger partial charge >= 0.3 is 0 Å². The van der Waals surface area contributed by atoms with Crippen LogP contribution in [-0.2, 0) is 34.3 Å². The molecule has 0 spiro atoms. The predicted molar refractivity (Wildman–Crippen MR) is 169 cm³/mol. The van der Waals surface area contributed by atoms with E-state index in [-0.39, 0.29) is 12.2 Å². The maximum Gasteiger partial charge on any atom is 0.160 e. The Kier molecular flexibility index (Phi) is 11.1. The zero-order valence-electron chi connectivity index (χ0n) is 23.9. The first-order chi connectivity index (χ1) is 19.8. The van der Waals surface area contributed by atoms with Crippen LogP contribution in [0.1, 0.15) is 50.4 Å². The summed E-state index contributed by atoms with van der Waals surface area (Å²) in [7, 11) is -1.19. The summed E-state index contributed by atoms with van der Waals surface area (Å²) in [6.45, 7) is 8.00. The average molecular weight is 589 g/mol. The van der Waals surface area contributed by atoms with Crippen LogP contribution >= 0.6 is 11.6 Å². The summed E-state index contributed by atoms with van der Waals surface area (Å²) in [6, 6.07) is 21.2. The zero-order chi connectivity index (χ0) is 29.2. The molecule has 0 radical (unpaired) electrons. The Morgan fingerprint density at radius 2 is 1.78 bits per heavy atom. The molecule has 41 heavy (non-hydrogen) atoms. The second-order valence-corrected chi connectivity index (χ2v) is 12.4. The third-order valence-corrected chi connectivity index (χ3v) is 8.30. The number of unbranched alkanes of at least 4 members (excludes halogenated alkanes) is 1. The topological polar surface area (TPSA) is 61.2 Å². The minimum Gasteiger partial charge on any atom is -0.494 e. The Morgan fingerprint density at radius 1 is 1.05 bits per heavy atom. The summed E-state index contributed by atoms with van der Waals surface area (Å²) < 4.78 is 20.8. The van der Waals surface area contributed by atoms with Gasteiger partial charge in [0.25, 0.3) is 0 Å². The van der Waals surface area contributed by atoms with Crippen molar-refractivity contribution >= 4 is 34.3 Å². The maximum absolute atomic E-state index is 12.9. The number of carbonyl (C=O) groups is 1. The Bertz CT molecular complexity index is 1490. The van der Waals surface area contributed by atoms with Crippen LogP contribution in [0.2, 0.25) is 5.02 Å². The van der Waals surface area contributed by atoms with Gasteiger partial charge in [-0.1, -0.05) is 69.1 Å². The molecule has 0 amide bonds. The quantitative estimate of drug-likeness (QED) is 0.110. The van der Waals surface area contributed by atoms with E-state index in [4.69, 9.17) is 16.3 Å². The minimum absolute atomic E-state index is 0.0356. The summed E-state index contributed by atoms with van der Waals surface area (Å²) in [5.41, 5.74) is 4.66. The van der Waals surface area contributed by atoms with Gasteiger partial charge in [0, 0.05) is 29.1 Å². The Hall–Kier alpha value is -3.48. The molecule has 4 rings (SSSR count). The van der Waals surface area contributed by atoms with Gasteiger partial charge in [-0.05, 0) is 83.1 Å². The Balaban J connectivity index is 1.35. The van der Waals surface area contributed by atoms with Crippen molar-refractivity contribution < 1.29 is 13.7 Å². The summed E-state index contributed by atoms with van der Waals surface area (Å²) in [5.74, 6) is 1.71. The van der Waals surface area contributed by atoms with Crippen molar-refractivity contribution in [1.29, 1.82) is 0 Å². The van der Waals surface area contributed by atoms with Gasteiger partial charge in [-0.2, -0.15) is 0 Å². The van der Waals surface area contributed by atoms with Crippen molar-refractivity contribution in [2.24, 2.45) is 5.92 Å². The standard InChI is InChI=1S/C34H37ClN2O3S/c1-4-5-18-40-32-13-9-27(10-14-32)28-11-17-34(35)29(20-28)8-12-31(38)19-26-6-15-33(16-7-26)41(39)23-30-21-36-24-37(30)22-25(2)3/h6-17,20-21,24-25H,4-5,18-19,22-23H2,1-3H3/b12-8+. The summed E-state index contributed by atoms with van der Waals surface area (Å²) >= 11 is 6.44. The Morgan fingerprint density at radius 3 is 2.49 bits per heavy atom. The van der Waals surface area contributed by atoms with Gasteiger partial charge in [0.2, 0.25) is 0 Å². The summed E-state index contributed by atoms with van der Waals surface area (Å²) in [5, 5.41) is 0.582. The van der Waals surface area contributed by atoms with E-state index in [2.05, 4.69) is 30.3 Å². The lowest BCUT2D eigenvalue weighted by Crippen LogP contribution is -2.09. The van der Waals surface area contributed by atoms with E-state index in [1.165, 1.54) is 0 Å². The van der Waals surface area contributed by atoms with E-state index in [0.29, 0.717) is 16.7 Å². The van der Waals surface area contributed by atoms with Crippen molar-refractivity contribution in [3.05, 3.63) is 107 Å². The highest BCUT2D eigenvalue weighted by Gasteiger charge is 2.11. The summed E-state index contributed by atoms with van der Waals surface area (Å²) in [4.78, 5) is 17.7. The van der Waals surface area contributed by atoms with Crippen LogP contribution in [0.3, 0.4) is 0 Å². The number of hydrogen-bond donors (Lipinski definition) is 0. The number of nitrogens with zero attached hydrogens (tertiary/aromatic N) is 2. The molecule has 5 nitrogen and oxygen atoms in total. The number of aromatic nitrogens is 2. The fourth-order valence-electron chi connectivity index (χ4n) is 4.37. The van der Waals surface area contributed by atoms with Crippen molar-refractivity contribution in [1.82, 2.24) is 9.55 Å². The van der Waals surface area contributed by atoms with Crippen molar-refractivity contribution in [2.75, 3.05) is 6.61 Å². The van der Waals surface area contributed by atoms with E-state index in [1.807, 2.05) is 66.7 Å². The van der Waals surface area contributed by atoms with Crippen LogP contribution in [-0.4, -0.2) is 26.2 Å². The molecule has 1 aromatic heterocycles. The number of imidazole rings is 1. The number of allylic oxidation sites excluding steroid dienone is 1. The third kappa shape index (κ3) is 9.00. The van der Waals surface area contributed by atoms with Gasteiger partial charge in [0.1, 0.15) is 5.75 Å². The van der Waals surface area contributed by atoms with E-state index < -0.39 is 10.8 Å². The number of halogens is 1. The molecule has 214 valence electrons. The number of rotatable bonds is 14. The van der Waals surface area contributed by atoms with Gasteiger partial charge in [-0.3, -0.25) is 9.00 Å². The van der Waals surface area contributed by atoms with Gasteiger partial charge in [-0.15, -0.1) is 0 Å². The molecule has 4 aromatic rings. The first kappa shape index (κ1) is 30.5. The first-order valence-corrected chi connectivity index (χ1v) is 15.7. The number of ether oxygens (including phenoxy) is 1. The van der Waals surface area contributed by atoms with Crippen LogP contribution in [0.4, 0.5) is 0 Å². The number of benzene rings is 3. The molecule has 0 N–H and O–H groups in total. The summed E-state index contributed by atoms with van der Waals surface area (Å²) in [6.07, 6.45) is 9.29. The highest BCUT2D eigenvalue weighted by molar-refractivity contribution is 7.84. The fraction of sp³-hybridized carbons (Fsp3) is 0.294. The number of ketones is 1. The van der Waals surface area contributed by atoms with Crippen LogP contribution in [0.5, 0.6) is 5.75 Å². The van der Waals surface area contributed by atoms with Gasteiger partial charge in [0.15, 0.2) is 5.78 Å². The van der Waals surface area contributed by atoms with E-state index >= 15 is 0 Å². The molecular formula is C34H37ClN2O3S. The zero-order valence-corrected chi connectivity index (χ0v) is 25.5. The Labute approximate surface area is 250 Å². The molecular weight excluding hydrogens is 552 g/mol. The smallest absolute Gasteiger partial charge is 0.160 e. The molecule has 3 aromatic carbocycles. The van der Waals surface area contributed by atoms with E-state index in [0.717, 1.165) is 64.6 Å². The fourth-order valence-corrected chi connectivity index (χ4v) is 5.67. The normalized spacial score (nSPS) is 12.2. The van der Waals surface area contributed by atoms with E-state index in [1.54, 1.807) is 24.7 Å². The lowest BCUT2D eigenvalue weighted by atomic mass is 10.0.